The van der Waals surface area contributed by atoms with Crippen LogP contribution in [0, 0.1) is 17.1 Å². The van der Waals surface area contributed by atoms with Crippen molar-refractivity contribution in [1.82, 2.24) is 0 Å². The highest BCUT2D eigenvalue weighted by Crippen LogP contribution is 2.27. The fourth-order valence-corrected chi connectivity index (χ4v) is 2.32. The molecule has 0 saturated carbocycles. The Morgan fingerprint density at radius 2 is 2.29 bits per heavy atom. The highest BCUT2D eigenvalue weighted by atomic mass is 19.1. The fraction of sp³-hybridized carbons (Fsp3) is 0.462. The minimum absolute atomic E-state index is 0.00816. The lowest BCUT2D eigenvalue weighted by Crippen LogP contribution is -2.42. The fourth-order valence-electron chi connectivity index (χ4n) is 2.32. The van der Waals surface area contributed by atoms with Crippen molar-refractivity contribution in [2.45, 2.75) is 25.3 Å². The van der Waals surface area contributed by atoms with Crippen LogP contribution in [-0.4, -0.2) is 24.3 Å². The molecule has 1 aliphatic rings. The summed E-state index contributed by atoms with van der Waals surface area (Å²) < 4.78 is 13.9. The van der Waals surface area contributed by atoms with E-state index in [9.17, 15) is 9.50 Å². The van der Waals surface area contributed by atoms with E-state index in [4.69, 9.17) is 5.26 Å². The van der Waals surface area contributed by atoms with Gasteiger partial charge in [-0.3, -0.25) is 0 Å². The molecule has 4 heteroatoms. The number of hydrogen-bond donors (Lipinski definition) is 1. The van der Waals surface area contributed by atoms with E-state index in [1.54, 1.807) is 12.1 Å². The topological polar surface area (TPSA) is 47.3 Å². The molecule has 0 spiro atoms. The van der Waals surface area contributed by atoms with Gasteiger partial charge in [-0.05, 0) is 37.5 Å². The molecule has 1 aliphatic heterocycles. The lowest BCUT2D eigenvalue weighted by atomic mass is 10.0. The average Bonchev–Trinajstić information content (AvgIpc) is 2.38. The molecule has 1 N–H and O–H groups in total. The van der Waals surface area contributed by atoms with Crippen LogP contribution < -0.4 is 4.90 Å². The minimum Gasteiger partial charge on any atom is -0.394 e. The number of aliphatic hydroxyl groups excluding tert-OH is 1. The van der Waals surface area contributed by atoms with Gasteiger partial charge in [-0.15, -0.1) is 0 Å². The van der Waals surface area contributed by atoms with Crippen molar-refractivity contribution in [1.29, 1.82) is 5.26 Å². The second-order valence-electron chi connectivity index (χ2n) is 4.30. The molecular weight excluding hydrogens is 219 g/mol. The predicted octanol–water partition coefficient (Wildman–Crippen LogP) is 2.05. The number of hydrogen-bond acceptors (Lipinski definition) is 3. The largest absolute Gasteiger partial charge is 0.394 e. The molecule has 0 bridgehead atoms. The Morgan fingerprint density at radius 1 is 1.47 bits per heavy atom. The number of benzene rings is 1. The summed E-state index contributed by atoms with van der Waals surface area (Å²) >= 11 is 0. The van der Waals surface area contributed by atoms with Crippen molar-refractivity contribution in [2.24, 2.45) is 0 Å². The molecule has 0 aromatic heterocycles. The molecule has 3 nitrogen and oxygen atoms in total. The van der Waals surface area contributed by atoms with Crippen LogP contribution in [0.5, 0.6) is 0 Å². The minimum atomic E-state index is -0.385. The first-order chi connectivity index (χ1) is 8.26. The molecule has 90 valence electrons. The van der Waals surface area contributed by atoms with E-state index in [-0.39, 0.29) is 18.5 Å². The zero-order valence-electron chi connectivity index (χ0n) is 9.56. The molecule has 1 fully saturated rings. The number of rotatable bonds is 2. The van der Waals surface area contributed by atoms with Crippen LogP contribution in [0.2, 0.25) is 0 Å². The van der Waals surface area contributed by atoms with Crippen molar-refractivity contribution in [3.8, 4) is 6.07 Å². The zero-order valence-corrected chi connectivity index (χ0v) is 9.56. The number of anilines is 1. The van der Waals surface area contributed by atoms with E-state index in [0.717, 1.165) is 25.8 Å². The monoisotopic (exact) mass is 234 g/mol. The molecule has 0 amide bonds. The Kier molecular flexibility index (Phi) is 3.60. The molecular formula is C13H15FN2O. The van der Waals surface area contributed by atoms with E-state index in [1.807, 2.05) is 11.0 Å². The zero-order chi connectivity index (χ0) is 12.3. The molecule has 1 atom stereocenters. The lowest BCUT2D eigenvalue weighted by molar-refractivity contribution is 0.239. The Balaban J connectivity index is 2.29. The third-order valence-corrected chi connectivity index (χ3v) is 3.22. The summed E-state index contributed by atoms with van der Waals surface area (Å²) in [5, 5.41) is 18.0. The molecule has 1 aromatic rings. The smallest absolute Gasteiger partial charge is 0.147 e. The average molecular weight is 234 g/mol. The molecule has 2 rings (SSSR count). The van der Waals surface area contributed by atoms with Gasteiger partial charge in [-0.25, -0.2) is 4.39 Å². The normalized spacial score (nSPS) is 20.1. The van der Waals surface area contributed by atoms with Crippen LogP contribution in [0.4, 0.5) is 10.1 Å². The van der Waals surface area contributed by atoms with Crippen LogP contribution >= 0.6 is 0 Å². The summed E-state index contributed by atoms with van der Waals surface area (Å²) in [6.45, 7) is 0.799. The van der Waals surface area contributed by atoms with Gasteiger partial charge in [0.2, 0.25) is 0 Å². The second kappa shape index (κ2) is 5.15. The van der Waals surface area contributed by atoms with Crippen LogP contribution in [0.1, 0.15) is 24.8 Å². The number of halogens is 1. The van der Waals surface area contributed by atoms with Crippen LogP contribution in [0.25, 0.3) is 0 Å². The van der Waals surface area contributed by atoms with E-state index >= 15 is 0 Å². The van der Waals surface area contributed by atoms with Gasteiger partial charge in [0.1, 0.15) is 5.82 Å². The Bertz CT molecular complexity index is 442. The van der Waals surface area contributed by atoms with Crippen LogP contribution in [-0.2, 0) is 0 Å². The lowest BCUT2D eigenvalue weighted by Gasteiger charge is -2.36. The molecule has 1 unspecified atom stereocenters. The van der Waals surface area contributed by atoms with Crippen molar-refractivity contribution in [3.05, 3.63) is 29.6 Å². The van der Waals surface area contributed by atoms with E-state index in [0.29, 0.717) is 11.3 Å². The first-order valence-corrected chi connectivity index (χ1v) is 5.83. The van der Waals surface area contributed by atoms with E-state index in [2.05, 4.69) is 0 Å². The quantitative estimate of drug-likeness (QED) is 0.852. The van der Waals surface area contributed by atoms with Gasteiger partial charge >= 0.3 is 0 Å². The maximum atomic E-state index is 13.9. The van der Waals surface area contributed by atoms with Crippen molar-refractivity contribution in [3.63, 3.8) is 0 Å². The van der Waals surface area contributed by atoms with Crippen molar-refractivity contribution in [2.75, 3.05) is 18.1 Å². The van der Waals surface area contributed by atoms with E-state index < -0.39 is 0 Å². The second-order valence-corrected chi connectivity index (χ2v) is 4.30. The van der Waals surface area contributed by atoms with Gasteiger partial charge in [0.05, 0.1) is 30.0 Å². The van der Waals surface area contributed by atoms with Gasteiger partial charge in [0.15, 0.2) is 0 Å². The number of aliphatic hydroxyl groups is 1. The van der Waals surface area contributed by atoms with Crippen LogP contribution in [0.15, 0.2) is 18.2 Å². The number of piperidine rings is 1. The van der Waals surface area contributed by atoms with Gasteiger partial charge in [0.25, 0.3) is 0 Å². The molecule has 1 aromatic carbocycles. The number of nitrogens with zero attached hydrogens (tertiary/aromatic N) is 2. The molecule has 1 heterocycles. The van der Waals surface area contributed by atoms with E-state index in [1.165, 1.54) is 6.07 Å². The van der Waals surface area contributed by atoms with Gasteiger partial charge in [-0.2, -0.15) is 5.26 Å². The predicted molar refractivity (Wildman–Crippen MR) is 63.2 cm³/mol. The number of nitriles is 1. The summed E-state index contributed by atoms with van der Waals surface area (Å²) in [4.78, 5) is 1.90. The van der Waals surface area contributed by atoms with Crippen LogP contribution in [0.3, 0.4) is 0 Å². The Hall–Kier alpha value is -1.60. The molecule has 0 radical (unpaired) electrons. The standard InChI is InChI=1S/C13H15FN2O/c14-12-7-10(8-15)4-5-13(12)16-6-2-1-3-11(16)9-17/h4-5,7,11,17H,1-3,6,9H2. The van der Waals surface area contributed by atoms with Crippen molar-refractivity contribution >= 4 is 5.69 Å². The summed E-state index contributed by atoms with van der Waals surface area (Å²) in [6, 6.07) is 6.39. The summed E-state index contributed by atoms with van der Waals surface area (Å²) in [5.41, 5.74) is 0.812. The third-order valence-electron chi connectivity index (χ3n) is 3.22. The summed E-state index contributed by atoms with van der Waals surface area (Å²) in [5.74, 6) is -0.385. The van der Waals surface area contributed by atoms with Crippen molar-refractivity contribution < 1.29 is 9.50 Å². The highest BCUT2D eigenvalue weighted by Gasteiger charge is 2.24. The van der Waals surface area contributed by atoms with Gasteiger partial charge in [-0.1, -0.05) is 0 Å². The third kappa shape index (κ3) is 2.40. The summed E-state index contributed by atoms with van der Waals surface area (Å²) in [6.07, 6.45) is 2.96. The van der Waals surface area contributed by atoms with Gasteiger partial charge in [0, 0.05) is 6.54 Å². The molecule has 0 aliphatic carbocycles. The Morgan fingerprint density at radius 3 is 2.94 bits per heavy atom. The van der Waals surface area contributed by atoms with Gasteiger partial charge < -0.3 is 10.0 Å². The first kappa shape index (κ1) is 11.9. The maximum Gasteiger partial charge on any atom is 0.147 e. The highest BCUT2D eigenvalue weighted by molar-refractivity contribution is 5.52. The maximum absolute atomic E-state index is 13.9. The SMILES string of the molecule is N#Cc1ccc(N2CCCCC2CO)c(F)c1. The molecule has 17 heavy (non-hydrogen) atoms. The summed E-state index contributed by atoms with van der Waals surface area (Å²) in [7, 11) is 0. The first-order valence-electron chi connectivity index (χ1n) is 5.83. The molecule has 1 saturated heterocycles. The Labute approximate surface area is 100 Å².